The van der Waals surface area contributed by atoms with Gasteiger partial charge in [0.15, 0.2) is 0 Å². The zero-order chi connectivity index (χ0) is 36.9. The average molecular weight is 703 g/mol. The van der Waals surface area contributed by atoms with E-state index in [1.807, 2.05) is 72.8 Å². The van der Waals surface area contributed by atoms with Crippen molar-refractivity contribution in [3.05, 3.63) is 96.1 Å². The highest BCUT2D eigenvalue weighted by Gasteiger charge is 2.71. The second kappa shape index (κ2) is 13.8. The van der Waals surface area contributed by atoms with E-state index in [0.717, 1.165) is 43.2 Å². The summed E-state index contributed by atoms with van der Waals surface area (Å²) in [7, 11) is 0. The van der Waals surface area contributed by atoms with Crippen LogP contribution in [0.5, 0.6) is 0 Å². The van der Waals surface area contributed by atoms with E-state index in [2.05, 4.69) is 48.1 Å². The lowest BCUT2D eigenvalue weighted by molar-refractivity contribution is -0.251. The van der Waals surface area contributed by atoms with Crippen LogP contribution < -0.4 is 0 Å². The van der Waals surface area contributed by atoms with Gasteiger partial charge in [-0.15, -0.1) is 0 Å². The quantitative estimate of drug-likeness (QED) is 0.156. The Kier molecular flexibility index (Phi) is 9.79. The molecule has 0 aromatic heterocycles. The number of benzene rings is 2. The molecule has 0 radical (unpaired) electrons. The third-order valence-electron chi connectivity index (χ3n) is 16.4. The van der Waals surface area contributed by atoms with E-state index in [4.69, 9.17) is 9.47 Å². The summed E-state index contributed by atoms with van der Waals surface area (Å²) in [4.78, 5) is 26.2. The zero-order valence-electron chi connectivity index (χ0n) is 32.7. The molecule has 2 aromatic carbocycles. The highest BCUT2D eigenvalue weighted by molar-refractivity contribution is 5.87. The fourth-order valence-electron chi connectivity index (χ4n) is 13.6. The second-order valence-corrected chi connectivity index (χ2v) is 18.9. The lowest BCUT2D eigenvalue weighted by atomic mass is 9.32. The first-order valence-electron chi connectivity index (χ1n) is 20.2. The van der Waals surface area contributed by atoms with Crippen molar-refractivity contribution in [2.75, 3.05) is 6.61 Å². The highest BCUT2D eigenvalue weighted by atomic mass is 16.5. The van der Waals surface area contributed by atoms with Crippen LogP contribution in [-0.4, -0.2) is 24.6 Å². The molecule has 2 aromatic rings. The van der Waals surface area contributed by atoms with Crippen molar-refractivity contribution >= 4 is 24.1 Å². The lowest BCUT2D eigenvalue weighted by Crippen LogP contribution is -2.67. The van der Waals surface area contributed by atoms with E-state index in [9.17, 15) is 9.59 Å². The van der Waals surface area contributed by atoms with Crippen LogP contribution in [0.3, 0.4) is 0 Å². The molecular weight excluding hydrogens is 641 g/mol. The van der Waals surface area contributed by atoms with E-state index >= 15 is 0 Å². The number of ether oxygens (including phenoxy) is 2. The maximum atomic E-state index is 13.1. The van der Waals surface area contributed by atoms with Gasteiger partial charge >= 0.3 is 11.9 Å². The molecule has 0 spiro atoms. The van der Waals surface area contributed by atoms with Crippen molar-refractivity contribution < 1.29 is 19.1 Å². The molecule has 5 saturated carbocycles. The average Bonchev–Trinajstić information content (AvgIpc) is 3.52. The molecule has 7 rings (SSSR count). The number of hydrogen-bond acceptors (Lipinski definition) is 4. The minimum Gasteiger partial charge on any atom is -0.462 e. The van der Waals surface area contributed by atoms with Gasteiger partial charge in [0, 0.05) is 23.0 Å². The van der Waals surface area contributed by atoms with E-state index in [1.54, 1.807) is 12.2 Å². The Morgan fingerprint density at radius 2 is 1.35 bits per heavy atom. The Bertz CT molecular complexity index is 1710. The Labute approximate surface area is 313 Å². The highest BCUT2D eigenvalue weighted by Crippen LogP contribution is 2.77. The van der Waals surface area contributed by atoms with Gasteiger partial charge in [0.25, 0.3) is 0 Å². The number of esters is 2. The van der Waals surface area contributed by atoms with Crippen molar-refractivity contribution in [1.82, 2.24) is 0 Å². The summed E-state index contributed by atoms with van der Waals surface area (Å²) in [5.74, 6) is 2.24. The Balaban J connectivity index is 1.09. The molecule has 0 aliphatic heterocycles. The van der Waals surface area contributed by atoms with E-state index < -0.39 is 0 Å². The number of rotatable bonds is 8. The smallest absolute Gasteiger partial charge is 0.331 e. The third-order valence-corrected chi connectivity index (χ3v) is 16.4. The van der Waals surface area contributed by atoms with E-state index in [-0.39, 0.29) is 45.1 Å². The molecule has 0 bridgehead atoms. The van der Waals surface area contributed by atoms with Gasteiger partial charge in [-0.2, -0.15) is 0 Å². The molecular formula is C48H62O4. The molecule has 0 heterocycles. The first-order chi connectivity index (χ1) is 24.7. The SMILES string of the molecule is C=C(C)[C@H]1CC[C@@]2(COC(=O)/C=C/c3ccccc3)CC[C@]3(C)[C@H](CC[C@H]4[C@@]5(C)CC[C@H](OC(=O)/C=C/c6ccccc6)C(C)(C)[C@H]5CC[C@@]43C)[C@@H]12. The monoisotopic (exact) mass is 702 g/mol. The maximum absolute atomic E-state index is 13.1. The van der Waals surface area contributed by atoms with Gasteiger partial charge in [-0.3, -0.25) is 0 Å². The maximum Gasteiger partial charge on any atom is 0.331 e. The fraction of sp³-hybridized carbons (Fsp3) is 0.583. The van der Waals surface area contributed by atoms with Crippen LogP contribution in [0.2, 0.25) is 0 Å². The van der Waals surface area contributed by atoms with Crippen LogP contribution in [0.1, 0.15) is 117 Å². The summed E-state index contributed by atoms with van der Waals surface area (Å²) in [5.41, 5.74) is 3.89. The minimum absolute atomic E-state index is 0.0211. The van der Waals surface area contributed by atoms with Crippen molar-refractivity contribution in [3.63, 3.8) is 0 Å². The van der Waals surface area contributed by atoms with Crippen molar-refractivity contribution in [3.8, 4) is 0 Å². The van der Waals surface area contributed by atoms with E-state index in [0.29, 0.717) is 36.2 Å². The number of hydrogen-bond donors (Lipinski definition) is 0. The predicted molar refractivity (Wildman–Crippen MR) is 211 cm³/mol. The van der Waals surface area contributed by atoms with Gasteiger partial charge in [-0.25, -0.2) is 9.59 Å². The molecule has 0 saturated heterocycles. The van der Waals surface area contributed by atoms with Crippen molar-refractivity contribution in [2.24, 2.45) is 56.7 Å². The van der Waals surface area contributed by atoms with Gasteiger partial charge < -0.3 is 9.47 Å². The topological polar surface area (TPSA) is 52.6 Å². The van der Waals surface area contributed by atoms with Crippen molar-refractivity contribution in [2.45, 2.75) is 112 Å². The van der Waals surface area contributed by atoms with Crippen molar-refractivity contribution in [1.29, 1.82) is 0 Å². The molecule has 52 heavy (non-hydrogen) atoms. The molecule has 5 fully saturated rings. The Morgan fingerprint density at radius 3 is 1.98 bits per heavy atom. The standard InChI is InChI=1S/C48H62O4/c1-33(2)36-24-29-48(32-51-41(49)22-18-34-14-10-8-11-15-34)31-30-46(6)37(43(36)48)20-21-39-45(5)27-26-40(44(3,4)38(45)25-28-47(39,46)7)52-42(50)23-19-35-16-12-9-13-17-35/h8-19,22-23,36-40,43H,1,20-21,24-32H2,2-7H3/b22-18+,23-19+/t36-,37-,38-,39+,40+,43-,45+,46-,47+,48+/m1/s1. The minimum atomic E-state index is -0.234. The summed E-state index contributed by atoms with van der Waals surface area (Å²) in [5, 5.41) is 0. The molecule has 5 aliphatic carbocycles. The van der Waals surface area contributed by atoms with Crippen LogP contribution in [0.25, 0.3) is 12.2 Å². The van der Waals surface area contributed by atoms with Crippen LogP contribution >= 0.6 is 0 Å². The summed E-state index contributed by atoms with van der Waals surface area (Å²) < 4.78 is 12.5. The molecule has 0 amide bonds. The van der Waals surface area contributed by atoms with Gasteiger partial charge in [-0.05, 0) is 140 Å². The normalized spacial score (nSPS) is 39.2. The summed E-state index contributed by atoms with van der Waals surface area (Å²) in [6, 6.07) is 19.9. The first kappa shape index (κ1) is 36.9. The lowest BCUT2D eigenvalue weighted by Gasteiger charge is -2.73. The predicted octanol–water partition coefficient (Wildman–Crippen LogP) is 11.5. The molecule has 4 heteroatoms. The van der Waals surface area contributed by atoms with Crippen LogP contribution in [0, 0.1) is 56.7 Å². The molecule has 5 aliphatic rings. The summed E-state index contributed by atoms with van der Waals surface area (Å²) >= 11 is 0. The Hall–Kier alpha value is -3.40. The fourth-order valence-corrected chi connectivity index (χ4v) is 13.6. The molecule has 0 N–H and O–H groups in total. The third kappa shape index (κ3) is 6.14. The molecule has 278 valence electrons. The number of allylic oxidation sites excluding steroid dienone is 1. The summed E-state index contributed by atoms with van der Waals surface area (Å²) in [6.45, 7) is 20.0. The van der Waals surface area contributed by atoms with Gasteiger partial charge in [0.1, 0.15) is 6.10 Å². The summed E-state index contributed by atoms with van der Waals surface area (Å²) in [6.07, 6.45) is 18.3. The number of fused-ring (bicyclic) bond motifs is 7. The molecule has 4 nitrogen and oxygen atoms in total. The molecule has 10 atom stereocenters. The second-order valence-electron chi connectivity index (χ2n) is 18.9. The van der Waals surface area contributed by atoms with Crippen LogP contribution in [-0.2, 0) is 19.1 Å². The zero-order valence-corrected chi connectivity index (χ0v) is 32.7. The first-order valence-corrected chi connectivity index (χ1v) is 20.2. The van der Waals surface area contributed by atoms with Crippen LogP contribution in [0.4, 0.5) is 0 Å². The number of carbonyl (C=O) groups is 2. The van der Waals surface area contributed by atoms with Gasteiger partial charge in [-0.1, -0.05) is 107 Å². The van der Waals surface area contributed by atoms with E-state index in [1.165, 1.54) is 37.7 Å². The van der Waals surface area contributed by atoms with Gasteiger partial charge in [0.2, 0.25) is 0 Å². The van der Waals surface area contributed by atoms with Crippen LogP contribution in [0.15, 0.2) is 85.0 Å². The largest absolute Gasteiger partial charge is 0.462 e. The van der Waals surface area contributed by atoms with Gasteiger partial charge in [0.05, 0.1) is 6.61 Å². The number of carbonyl (C=O) groups excluding carboxylic acids is 2. The molecule has 0 unspecified atom stereocenters. The Morgan fingerprint density at radius 1 is 0.712 bits per heavy atom.